The number of hydrogen-bond donors (Lipinski definition) is 0. The molecule has 1 amide bonds. The maximum Gasteiger partial charge on any atom is 0.222 e. The number of benzene rings is 1. The summed E-state index contributed by atoms with van der Waals surface area (Å²) < 4.78 is 13.4. The molecule has 3 aromatic rings. The molecule has 0 unspecified atom stereocenters. The number of halogens is 1. The van der Waals surface area contributed by atoms with E-state index in [1.54, 1.807) is 18.3 Å². The second-order valence-electron chi connectivity index (χ2n) is 7.76. The first-order chi connectivity index (χ1) is 14.6. The van der Waals surface area contributed by atoms with Gasteiger partial charge in [-0.05, 0) is 55.5 Å². The molecule has 2 aromatic heterocycles. The van der Waals surface area contributed by atoms with Crippen molar-refractivity contribution in [2.24, 2.45) is 0 Å². The van der Waals surface area contributed by atoms with Gasteiger partial charge in [0, 0.05) is 49.6 Å². The highest BCUT2D eigenvalue weighted by Crippen LogP contribution is 2.33. The summed E-state index contributed by atoms with van der Waals surface area (Å²) in [6.07, 6.45) is 8.45. The maximum atomic E-state index is 13.4. The Morgan fingerprint density at radius 2 is 2.03 bits per heavy atom. The van der Waals surface area contributed by atoms with Crippen LogP contribution in [0.1, 0.15) is 42.3 Å². The number of nitrogens with zero attached hydrogens (tertiary/aromatic N) is 4. The number of piperidine rings is 1. The van der Waals surface area contributed by atoms with Crippen LogP contribution in [0.25, 0.3) is 11.1 Å². The Labute approximate surface area is 176 Å². The number of aromatic nitrogens is 3. The molecule has 4 rings (SSSR count). The number of amides is 1. The number of aryl methyl sites for hydroxylation is 2. The average Bonchev–Trinajstić information content (AvgIpc) is 2.79. The molecule has 0 aliphatic carbocycles. The van der Waals surface area contributed by atoms with Crippen LogP contribution in [0.15, 0.2) is 55.0 Å². The Morgan fingerprint density at radius 1 is 1.20 bits per heavy atom. The van der Waals surface area contributed by atoms with Crippen LogP contribution in [-0.2, 0) is 11.2 Å². The molecule has 0 spiro atoms. The molecule has 30 heavy (non-hydrogen) atoms. The molecule has 5 nitrogen and oxygen atoms in total. The van der Waals surface area contributed by atoms with Crippen LogP contribution in [0.5, 0.6) is 0 Å². The fourth-order valence-electron chi connectivity index (χ4n) is 4.03. The molecular weight excluding hydrogens is 379 g/mol. The summed E-state index contributed by atoms with van der Waals surface area (Å²) in [5.41, 5.74) is 3.82. The predicted octanol–water partition coefficient (Wildman–Crippen LogP) is 4.32. The lowest BCUT2D eigenvalue weighted by molar-refractivity contribution is -0.132. The van der Waals surface area contributed by atoms with Crippen molar-refractivity contribution in [3.05, 3.63) is 77.9 Å². The highest BCUT2D eigenvalue weighted by atomic mass is 19.1. The SMILES string of the molecule is Cc1ncc(-c2ccc(F)cc2)c([C@H]2CCCN(C(=O)CCc3cccnc3)C2)n1. The first-order valence-electron chi connectivity index (χ1n) is 10.4. The van der Waals surface area contributed by atoms with Crippen molar-refractivity contribution in [3.63, 3.8) is 0 Å². The van der Waals surface area contributed by atoms with E-state index < -0.39 is 0 Å². The van der Waals surface area contributed by atoms with E-state index in [9.17, 15) is 9.18 Å². The van der Waals surface area contributed by atoms with E-state index in [0.29, 0.717) is 25.2 Å². The molecule has 0 saturated carbocycles. The normalized spacial score (nSPS) is 16.5. The number of carbonyl (C=O) groups is 1. The molecule has 1 aromatic carbocycles. The summed E-state index contributed by atoms with van der Waals surface area (Å²) in [4.78, 5) is 28.0. The quantitative estimate of drug-likeness (QED) is 0.635. The maximum absolute atomic E-state index is 13.4. The van der Waals surface area contributed by atoms with Crippen LogP contribution in [0.4, 0.5) is 4.39 Å². The van der Waals surface area contributed by atoms with Gasteiger partial charge in [-0.15, -0.1) is 0 Å². The summed E-state index contributed by atoms with van der Waals surface area (Å²) in [7, 11) is 0. The van der Waals surface area contributed by atoms with Crippen molar-refractivity contribution in [1.29, 1.82) is 0 Å². The lowest BCUT2D eigenvalue weighted by atomic mass is 9.89. The van der Waals surface area contributed by atoms with Crippen LogP contribution in [0.3, 0.4) is 0 Å². The van der Waals surface area contributed by atoms with E-state index in [1.807, 2.05) is 36.4 Å². The molecule has 1 fully saturated rings. The Bertz CT molecular complexity index is 1010. The summed E-state index contributed by atoms with van der Waals surface area (Å²) in [6, 6.07) is 10.3. The summed E-state index contributed by atoms with van der Waals surface area (Å²) in [5.74, 6) is 0.743. The zero-order valence-corrected chi connectivity index (χ0v) is 17.1. The fraction of sp³-hybridized carbons (Fsp3) is 0.333. The van der Waals surface area contributed by atoms with Gasteiger partial charge in [0.25, 0.3) is 0 Å². The van der Waals surface area contributed by atoms with E-state index in [1.165, 1.54) is 12.1 Å². The lowest BCUT2D eigenvalue weighted by Gasteiger charge is -2.33. The van der Waals surface area contributed by atoms with Gasteiger partial charge < -0.3 is 4.90 Å². The van der Waals surface area contributed by atoms with Crippen molar-refractivity contribution in [1.82, 2.24) is 19.9 Å². The topological polar surface area (TPSA) is 59.0 Å². The molecule has 0 radical (unpaired) electrons. The lowest BCUT2D eigenvalue weighted by Crippen LogP contribution is -2.39. The van der Waals surface area contributed by atoms with E-state index in [2.05, 4.69) is 9.97 Å². The van der Waals surface area contributed by atoms with Crippen molar-refractivity contribution >= 4 is 5.91 Å². The summed E-state index contributed by atoms with van der Waals surface area (Å²) in [5, 5.41) is 0. The first kappa shape index (κ1) is 20.1. The molecule has 1 aliphatic heterocycles. The fourth-order valence-corrected chi connectivity index (χ4v) is 4.03. The van der Waals surface area contributed by atoms with Gasteiger partial charge in [-0.2, -0.15) is 0 Å². The van der Waals surface area contributed by atoms with Crippen LogP contribution < -0.4 is 0 Å². The highest BCUT2D eigenvalue weighted by molar-refractivity contribution is 5.76. The average molecular weight is 404 g/mol. The van der Waals surface area contributed by atoms with Crippen molar-refractivity contribution < 1.29 is 9.18 Å². The van der Waals surface area contributed by atoms with Gasteiger partial charge in [0.05, 0.1) is 5.69 Å². The van der Waals surface area contributed by atoms with Crippen LogP contribution in [0.2, 0.25) is 0 Å². The van der Waals surface area contributed by atoms with E-state index in [0.717, 1.165) is 41.8 Å². The molecule has 0 bridgehead atoms. The number of rotatable bonds is 5. The molecule has 6 heteroatoms. The van der Waals surface area contributed by atoms with Gasteiger partial charge >= 0.3 is 0 Å². The van der Waals surface area contributed by atoms with Gasteiger partial charge in [-0.1, -0.05) is 18.2 Å². The minimum absolute atomic E-state index is 0.142. The second-order valence-corrected chi connectivity index (χ2v) is 7.76. The number of carbonyl (C=O) groups excluding carboxylic acids is 1. The van der Waals surface area contributed by atoms with Crippen LogP contribution >= 0.6 is 0 Å². The first-order valence-corrected chi connectivity index (χ1v) is 10.4. The minimum atomic E-state index is -0.267. The van der Waals surface area contributed by atoms with Gasteiger partial charge in [0.15, 0.2) is 0 Å². The molecule has 1 atom stereocenters. The molecule has 0 N–H and O–H groups in total. The van der Waals surface area contributed by atoms with Crippen molar-refractivity contribution in [3.8, 4) is 11.1 Å². The van der Waals surface area contributed by atoms with Gasteiger partial charge in [-0.25, -0.2) is 14.4 Å². The Kier molecular flexibility index (Phi) is 6.12. The zero-order valence-electron chi connectivity index (χ0n) is 17.1. The van der Waals surface area contributed by atoms with Crippen molar-refractivity contribution in [2.45, 2.75) is 38.5 Å². The zero-order chi connectivity index (χ0) is 20.9. The molecule has 1 aliphatic rings. The monoisotopic (exact) mass is 404 g/mol. The van der Waals surface area contributed by atoms with E-state index in [-0.39, 0.29) is 17.6 Å². The summed E-state index contributed by atoms with van der Waals surface area (Å²) in [6.45, 7) is 3.30. The van der Waals surface area contributed by atoms with Gasteiger partial charge in [0.1, 0.15) is 11.6 Å². The van der Waals surface area contributed by atoms with Crippen LogP contribution in [0, 0.1) is 12.7 Å². The van der Waals surface area contributed by atoms with E-state index in [4.69, 9.17) is 4.98 Å². The number of hydrogen-bond acceptors (Lipinski definition) is 4. The van der Waals surface area contributed by atoms with Crippen LogP contribution in [-0.4, -0.2) is 38.8 Å². The standard InChI is InChI=1S/C24H25FN4O/c1-17-27-15-22(19-7-9-21(25)10-8-19)24(28-17)20-5-3-13-29(16-20)23(30)11-6-18-4-2-12-26-14-18/h2,4,7-10,12,14-15,20H,3,5-6,11,13,16H2,1H3/t20-/m0/s1. The Hall–Kier alpha value is -3.15. The molecule has 1 saturated heterocycles. The highest BCUT2D eigenvalue weighted by Gasteiger charge is 2.27. The third kappa shape index (κ3) is 4.70. The molecular formula is C24H25FN4O. The second kappa shape index (κ2) is 9.11. The van der Waals surface area contributed by atoms with Gasteiger partial charge in [0.2, 0.25) is 5.91 Å². The largest absolute Gasteiger partial charge is 0.342 e. The number of pyridine rings is 1. The smallest absolute Gasteiger partial charge is 0.222 e. The third-order valence-electron chi connectivity index (χ3n) is 5.61. The Morgan fingerprint density at radius 3 is 2.80 bits per heavy atom. The minimum Gasteiger partial charge on any atom is -0.342 e. The Balaban J connectivity index is 1.51. The molecule has 154 valence electrons. The third-order valence-corrected chi connectivity index (χ3v) is 5.61. The summed E-state index contributed by atoms with van der Waals surface area (Å²) >= 11 is 0. The van der Waals surface area contributed by atoms with E-state index >= 15 is 0 Å². The van der Waals surface area contributed by atoms with Crippen molar-refractivity contribution in [2.75, 3.05) is 13.1 Å². The molecule has 3 heterocycles. The number of likely N-dealkylation sites (tertiary alicyclic amines) is 1. The predicted molar refractivity (Wildman–Crippen MR) is 113 cm³/mol. The van der Waals surface area contributed by atoms with Gasteiger partial charge in [-0.3, -0.25) is 9.78 Å².